The molecule has 0 aliphatic rings. The van der Waals surface area contributed by atoms with Crippen molar-refractivity contribution in [2.24, 2.45) is 44.6 Å². The first-order valence-corrected chi connectivity index (χ1v) is 19.0. The fourth-order valence-corrected chi connectivity index (χ4v) is 5.28. The van der Waals surface area contributed by atoms with Gasteiger partial charge in [-0.3, -0.25) is 48.3 Å². The van der Waals surface area contributed by atoms with Crippen LogP contribution in [0.3, 0.4) is 0 Å². The molecule has 0 saturated heterocycles. The quantitative estimate of drug-likeness (QED) is 0.0189. The normalized spacial score (nSPS) is 15.3. The van der Waals surface area contributed by atoms with E-state index in [4.69, 9.17) is 33.8 Å². The Hall–Kier alpha value is -6.35. The maximum absolute atomic E-state index is 13.6. The smallest absolute Gasteiger partial charge is 0.326 e. The molecule has 9 atom stereocenters. The van der Waals surface area contributed by atoms with Crippen molar-refractivity contribution in [1.82, 2.24) is 31.9 Å². The highest BCUT2D eigenvalue weighted by atomic mass is 16.4. The lowest BCUT2D eigenvalue weighted by Gasteiger charge is -2.29. The van der Waals surface area contributed by atoms with Gasteiger partial charge in [-0.05, 0) is 51.9 Å². The Morgan fingerprint density at radius 3 is 1.31 bits per heavy atom. The van der Waals surface area contributed by atoms with Crippen LogP contribution in [-0.4, -0.2) is 158 Å². The minimum atomic E-state index is -1.96. The molecule has 0 aliphatic heterocycles. The summed E-state index contributed by atoms with van der Waals surface area (Å²) in [5.41, 5.74) is 27.0. The number of nitrogens with one attached hydrogen (secondary N) is 6. The molecule has 6 amide bonds. The highest BCUT2D eigenvalue weighted by Gasteiger charge is 2.37. The van der Waals surface area contributed by atoms with E-state index in [-0.39, 0.29) is 63.0 Å². The lowest BCUT2D eigenvalue weighted by molar-refractivity contribution is -0.147. The molecule has 0 aliphatic carbocycles. The number of hydrogen-bond acceptors (Lipinski definition) is 14. The van der Waals surface area contributed by atoms with Crippen molar-refractivity contribution in [1.29, 1.82) is 0 Å². The number of rotatable bonds is 29. The Morgan fingerprint density at radius 2 is 0.885 bits per heavy atom. The highest BCUT2D eigenvalue weighted by molar-refractivity contribution is 5.98. The first-order chi connectivity index (χ1) is 28.3. The second-order valence-corrected chi connectivity index (χ2v) is 14.4. The monoisotopic (exact) mass is 875 g/mol. The Labute approximate surface area is 350 Å². The number of carbonyl (C=O) groups is 9. The molecular weight excluding hydrogens is 814 g/mol. The molecule has 21 N–H and O–H groups in total. The highest BCUT2D eigenvalue weighted by Crippen LogP contribution is 2.10. The number of aliphatic hydroxyl groups excluding tert-OH is 2. The van der Waals surface area contributed by atoms with Gasteiger partial charge in [-0.25, -0.2) is 4.79 Å². The molecule has 27 nitrogen and oxygen atoms in total. The number of carbonyl (C=O) groups excluding carboxylic acids is 6. The summed E-state index contributed by atoms with van der Waals surface area (Å²) >= 11 is 0. The summed E-state index contributed by atoms with van der Waals surface area (Å²) in [5, 5.41) is 62.1. The molecule has 0 spiro atoms. The first-order valence-electron chi connectivity index (χ1n) is 19.0. The van der Waals surface area contributed by atoms with Crippen LogP contribution in [0.5, 0.6) is 0 Å². The molecule has 0 saturated carbocycles. The van der Waals surface area contributed by atoms with Gasteiger partial charge in [0.2, 0.25) is 35.4 Å². The molecule has 0 heterocycles. The van der Waals surface area contributed by atoms with Crippen molar-refractivity contribution in [2.75, 3.05) is 13.1 Å². The van der Waals surface area contributed by atoms with Crippen LogP contribution in [0, 0.1) is 5.92 Å². The fraction of sp³-hybridized carbons (Fsp3) is 0.676. The van der Waals surface area contributed by atoms with Crippen molar-refractivity contribution in [3.05, 3.63) is 0 Å². The van der Waals surface area contributed by atoms with E-state index in [9.17, 15) is 63.6 Å². The Morgan fingerprint density at radius 1 is 0.508 bits per heavy atom. The molecule has 0 rings (SSSR count). The Bertz CT molecular complexity index is 1600. The first kappa shape index (κ1) is 54.6. The Balaban J connectivity index is 6.29. The molecule has 346 valence electrons. The van der Waals surface area contributed by atoms with Crippen LogP contribution in [0.15, 0.2) is 9.98 Å². The van der Waals surface area contributed by atoms with Crippen molar-refractivity contribution in [3.63, 3.8) is 0 Å². The van der Waals surface area contributed by atoms with Gasteiger partial charge in [-0.1, -0.05) is 13.8 Å². The second kappa shape index (κ2) is 27.4. The van der Waals surface area contributed by atoms with Crippen molar-refractivity contribution >= 4 is 65.3 Å². The number of guanidine groups is 2. The lowest BCUT2D eigenvalue weighted by atomic mass is 10.0. The lowest BCUT2D eigenvalue weighted by Crippen LogP contribution is -2.62. The largest absolute Gasteiger partial charge is 0.481 e. The van der Waals surface area contributed by atoms with Crippen LogP contribution in [0.2, 0.25) is 0 Å². The van der Waals surface area contributed by atoms with E-state index in [0.29, 0.717) is 0 Å². The maximum atomic E-state index is 13.6. The van der Waals surface area contributed by atoms with Crippen molar-refractivity contribution in [2.45, 2.75) is 127 Å². The minimum Gasteiger partial charge on any atom is -0.481 e. The van der Waals surface area contributed by atoms with E-state index >= 15 is 0 Å². The third-order valence-electron chi connectivity index (χ3n) is 8.35. The van der Waals surface area contributed by atoms with E-state index in [1.165, 1.54) is 0 Å². The zero-order chi connectivity index (χ0) is 47.1. The second-order valence-electron chi connectivity index (χ2n) is 14.4. The number of aliphatic carboxylic acids is 3. The molecule has 0 radical (unpaired) electrons. The molecule has 0 unspecified atom stereocenters. The van der Waals surface area contributed by atoms with Gasteiger partial charge in [0, 0.05) is 13.1 Å². The van der Waals surface area contributed by atoms with E-state index in [1.54, 1.807) is 13.8 Å². The average Bonchev–Trinajstić information content (AvgIpc) is 3.13. The van der Waals surface area contributed by atoms with Crippen molar-refractivity contribution in [3.8, 4) is 0 Å². The summed E-state index contributed by atoms with van der Waals surface area (Å²) in [5.74, 6) is -12.3. The maximum Gasteiger partial charge on any atom is 0.326 e. The minimum absolute atomic E-state index is 0.0318. The summed E-state index contributed by atoms with van der Waals surface area (Å²) in [7, 11) is 0. The summed E-state index contributed by atoms with van der Waals surface area (Å²) in [6.45, 7) is 5.62. The van der Waals surface area contributed by atoms with Gasteiger partial charge in [0.15, 0.2) is 11.9 Å². The van der Waals surface area contributed by atoms with Gasteiger partial charge in [-0.15, -0.1) is 0 Å². The van der Waals surface area contributed by atoms with E-state index in [0.717, 1.165) is 13.8 Å². The van der Waals surface area contributed by atoms with Gasteiger partial charge < -0.3 is 86.1 Å². The van der Waals surface area contributed by atoms with E-state index in [1.807, 2.05) is 5.32 Å². The summed E-state index contributed by atoms with van der Waals surface area (Å²) in [6, 6.07) is -11.7. The molecule has 0 fully saturated rings. The predicted octanol–water partition coefficient (Wildman–Crippen LogP) is -6.83. The fourth-order valence-electron chi connectivity index (χ4n) is 5.28. The van der Waals surface area contributed by atoms with Crippen LogP contribution in [0.25, 0.3) is 0 Å². The molecule has 0 aromatic rings. The topological polar surface area (TPSA) is 482 Å². The van der Waals surface area contributed by atoms with Gasteiger partial charge >= 0.3 is 17.9 Å². The summed E-state index contributed by atoms with van der Waals surface area (Å²) in [4.78, 5) is 122. The molecule has 61 heavy (non-hydrogen) atoms. The van der Waals surface area contributed by atoms with Gasteiger partial charge in [0.05, 0.1) is 31.1 Å². The van der Waals surface area contributed by atoms with Crippen LogP contribution < -0.4 is 60.6 Å². The van der Waals surface area contributed by atoms with Gasteiger partial charge in [-0.2, -0.15) is 0 Å². The third-order valence-corrected chi connectivity index (χ3v) is 8.35. The zero-order valence-corrected chi connectivity index (χ0v) is 34.3. The molecule has 0 aromatic heterocycles. The number of aliphatic hydroxyl groups is 2. The SMILES string of the molecule is CC(C)C[C@H](NC(=O)[C@@H](NC(=O)[C@H](CC(=O)O)NC(=O)[C@@H](NC(=O)[C@@H](N)CCCN=C(N)N)[C@@H](C)O)[C@@H](C)O)C(=O)N[C@@H](CCCN=C(N)N)C(=O)N[C@@H](CC(=O)O)C(=O)O. The standard InChI is InChI=1S/C34H61N13O14/c1-14(2)11-19(28(56)42-18(8-6-10-41-34(38)39)27(55)45-21(32(60)61)13-23(52)53)43-31(59)25(16(4)49)47-29(57)20(12-22(50)51)44-30(58)24(15(3)48)46-26(54)17(35)7-5-9-40-33(36)37/h14-21,24-25,48-49H,5-13,35H2,1-4H3,(H,42,56)(H,43,59)(H,44,58)(H,45,55)(H,46,54)(H,47,57)(H,50,51)(H,52,53)(H,60,61)(H4,36,37,40)(H4,38,39,41)/t15-,16-,17+,18+,19+,20+,21+,24+,25+/m1/s1. The average molecular weight is 876 g/mol. The molecular formula is C34H61N13O14. The number of nitrogens with zero attached hydrogens (tertiary/aromatic N) is 2. The number of amides is 6. The van der Waals surface area contributed by atoms with Crippen molar-refractivity contribution < 1.29 is 68.7 Å². The number of nitrogens with two attached hydrogens (primary N) is 5. The van der Waals surface area contributed by atoms with Crippen LogP contribution in [0.1, 0.15) is 72.6 Å². The number of carboxylic acid groups (broad SMARTS) is 3. The summed E-state index contributed by atoms with van der Waals surface area (Å²) in [6.07, 6.45) is -5.34. The van der Waals surface area contributed by atoms with Gasteiger partial charge in [0.1, 0.15) is 36.3 Å². The number of carboxylic acids is 3. The summed E-state index contributed by atoms with van der Waals surface area (Å²) < 4.78 is 0. The number of aliphatic imine (C=N–C) groups is 2. The Kier molecular flexibility index (Phi) is 24.6. The van der Waals surface area contributed by atoms with Crippen LogP contribution in [0.4, 0.5) is 0 Å². The van der Waals surface area contributed by atoms with Crippen LogP contribution >= 0.6 is 0 Å². The zero-order valence-electron chi connectivity index (χ0n) is 34.3. The molecule has 27 heteroatoms. The van der Waals surface area contributed by atoms with E-state index < -0.39 is 121 Å². The molecule has 0 aromatic carbocycles. The van der Waals surface area contributed by atoms with Crippen LogP contribution in [-0.2, 0) is 43.2 Å². The van der Waals surface area contributed by atoms with Gasteiger partial charge in [0.25, 0.3) is 0 Å². The molecule has 0 bridgehead atoms. The third kappa shape index (κ3) is 22.6. The predicted molar refractivity (Wildman–Crippen MR) is 214 cm³/mol. The van der Waals surface area contributed by atoms with E-state index in [2.05, 4.69) is 36.6 Å². The number of hydrogen-bond donors (Lipinski definition) is 16.